The Bertz CT molecular complexity index is 557. The molecule has 0 spiro atoms. The summed E-state index contributed by atoms with van der Waals surface area (Å²) < 4.78 is 0. The van der Waals surface area contributed by atoms with Gasteiger partial charge in [-0.2, -0.15) is 0 Å². The van der Waals surface area contributed by atoms with Gasteiger partial charge in [0.15, 0.2) is 0 Å². The van der Waals surface area contributed by atoms with E-state index in [-0.39, 0.29) is 29.0 Å². The second-order valence-corrected chi connectivity index (χ2v) is 10.1. The first kappa shape index (κ1) is 18.0. The Balaban J connectivity index is 1.69. The molecule has 0 heterocycles. The van der Waals surface area contributed by atoms with Crippen LogP contribution >= 0.6 is 0 Å². The van der Waals surface area contributed by atoms with Gasteiger partial charge >= 0.3 is 0 Å². The van der Waals surface area contributed by atoms with E-state index in [1.165, 1.54) is 5.57 Å². The van der Waals surface area contributed by atoms with Gasteiger partial charge in [-0.05, 0) is 79.4 Å². The highest BCUT2D eigenvalue weighted by molar-refractivity contribution is 5.28. The van der Waals surface area contributed by atoms with Gasteiger partial charge in [0.25, 0.3) is 0 Å². The van der Waals surface area contributed by atoms with Crippen molar-refractivity contribution in [2.75, 3.05) is 0 Å². The van der Waals surface area contributed by atoms with E-state index in [2.05, 4.69) is 26.8 Å². The van der Waals surface area contributed by atoms with Crippen LogP contribution in [0.5, 0.6) is 0 Å². The molecule has 0 radical (unpaired) electrons. The number of hydrogen-bond donors (Lipinski definition) is 3. The minimum Gasteiger partial charge on any atom is -0.393 e. The lowest BCUT2D eigenvalue weighted by molar-refractivity contribution is -0.107. The van der Waals surface area contributed by atoms with Gasteiger partial charge in [-0.25, -0.2) is 0 Å². The van der Waals surface area contributed by atoms with Gasteiger partial charge in [0, 0.05) is 0 Å². The molecular weight excluding hydrogens is 312 g/mol. The van der Waals surface area contributed by atoms with Crippen LogP contribution in [0.3, 0.4) is 0 Å². The largest absolute Gasteiger partial charge is 0.393 e. The summed E-state index contributed by atoms with van der Waals surface area (Å²) in [5.41, 5.74) is 1.41. The van der Waals surface area contributed by atoms with Crippen molar-refractivity contribution in [2.45, 2.75) is 90.4 Å². The number of rotatable bonds is 2. The molecule has 0 bridgehead atoms. The van der Waals surface area contributed by atoms with Crippen LogP contribution in [-0.2, 0) is 0 Å². The average Bonchev–Trinajstić information content (AvgIpc) is 2.82. The fourth-order valence-corrected chi connectivity index (χ4v) is 7.43. The first-order valence-electron chi connectivity index (χ1n) is 10.6. The molecule has 0 aromatic carbocycles. The van der Waals surface area contributed by atoms with Crippen molar-refractivity contribution in [1.82, 2.24) is 0 Å². The molecule has 4 rings (SSSR count). The third kappa shape index (κ3) is 2.49. The third-order valence-electron chi connectivity index (χ3n) is 8.88. The van der Waals surface area contributed by atoms with E-state index in [9.17, 15) is 15.3 Å². The second-order valence-electron chi connectivity index (χ2n) is 10.1. The topological polar surface area (TPSA) is 60.7 Å². The van der Waals surface area contributed by atoms with E-state index in [1.807, 2.05) is 0 Å². The van der Waals surface area contributed by atoms with E-state index in [0.717, 1.165) is 51.4 Å². The molecule has 0 aromatic rings. The van der Waals surface area contributed by atoms with Gasteiger partial charge in [-0.15, -0.1) is 0 Å². The van der Waals surface area contributed by atoms with Crippen molar-refractivity contribution < 1.29 is 15.3 Å². The Labute approximate surface area is 152 Å². The third-order valence-corrected chi connectivity index (χ3v) is 8.88. The predicted octanol–water partition coefficient (Wildman–Crippen LogP) is 3.67. The zero-order chi connectivity index (χ0) is 18.0. The summed E-state index contributed by atoms with van der Waals surface area (Å²) in [5.74, 6) is 1.60. The van der Waals surface area contributed by atoms with Crippen molar-refractivity contribution in [3.05, 3.63) is 11.6 Å². The minimum atomic E-state index is -0.407. The van der Waals surface area contributed by atoms with Crippen LogP contribution in [0.25, 0.3) is 0 Å². The lowest BCUT2D eigenvalue weighted by Gasteiger charge is -2.58. The number of hydrogen-bond acceptors (Lipinski definition) is 3. The Kier molecular flexibility index (Phi) is 4.37. The molecule has 0 aliphatic heterocycles. The Morgan fingerprint density at radius 2 is 1.84 bits per heavy atom. The van der Waals surface area contributed by atoms with Crippen molar-refractivity contribution >= 4 is 0 Å². The van der Waals surface area contributed by atoms with Crippen LogP contribution < -0.4 is 0 Å². The van der Waals surface area contributed by atoms with Crippen LogP contribution in [0, 0.1) is 34.5 Å². The fourth-order valence-electron chi connectivity index (χ4n) is 7.43. The van der Waals surface area contributed by atoms with Gasteiger partial charge < -0.3 is 15.3 Å². The molecule has 4 aliphatic rings. The molecule has 25 heavy (non-hydrogen) atoms. The SMILES string of the molecule is CCCC1C[C@H]2[C@@H]3C(O)C=C4CC(O)CC[C@]4(C)[C@@H]3CC[C@]2(C)C1O. The molecule has 3 nitrogen and oxygen atoms in total. The molecule has 3 N–H and O–H groups in total. The molecule has 0 aromatic heterocycles. The summed E-state index contributed by atoms with van der Waals surface area (Å²) in [7, 11) is 0. The summed E-state index contributed by atoms with van der Waals surface area (Å²) >= 11 is 0. The molecule has 4 unspecified atom stereocenters. The van der Waals surface area contributed by atoms with Gasteiger partial charge in [-0.3, -0.25) is 0 Å². The molecule has 3 saturated carbocycles. The summed E-state index contributed by atoms with van der Waals surface area (Å²) in [5, 5.41) is 32.2. The van der Waals surface area contributed by atoms with E-state index >= 15 is 0 Å². The van der Waals surface area contributed by atoms with Crippen LogP contribution in [0.2, 0.25) is 0 Å². The predicted molar refractivity (Wildman–Crippen MR) is 98.9 cm³/mol. The fraction of sp³-hybridized carbons (Fsp3) is 0.909. The van der Waals surface area contributed by atoms with Gasteiger partial charge in [-0.1, -0.05) is 38.8 Å². The van der Waals surface area contributed by atoms with Crippen LogP contribution in [-0.4, -0.2) is 33.6 Å². The highest BCUT2D eigenvalue weighted by atomic mass is 16.3. The molecule has 142 valence electrons. The minimum absolute atomic E-state index is 0.0299. The molecule has 3 heteroatoms. The Morgan fingerprint density at radius 1 is 1.08 bits per heavy atom. The molecule has 9 atom stereocenters. The maximum absolute atomic E-state index is 11.1. The smallest absolute Gasteiger partial charge is 0.0757 e. The van der Waals surface area contributed by atoms with Crippen LogP contribution in [0.1, 0.15) is 72.1 Å². The maximum atomic E-state index is 11.1. The van der Waals surface area contributed by atoms with E-state index < -0.39 is 6.10 Å². The van der Waals surface area contributed by atoms with Crippen LogP contribution in [0.4, 0.5) is 0 Å². The average molecular weight is 349 g/mol. The first-order chi connectivity index (χ1) is 11.8. The molecular formula is C22H36O3. The van der Waals surface area contributed by atoms with E-state index in [0.29, 0.717) is 17.8 Å². The summed E-state index contributed by atoms with van der Waals surface area (Å²) in [6, 6.07) is 0. The highest BCUT2D eigenvalue weighted by Gasteiger charge is 2.62. The molecule has 3 fully saturated rings. The molecule has 0 saturated heterocycles. The quantitative estimate of drug-likeness (QED) is 0.667. The number of fused-ring (bicyclic) bond motifs is 5. The van der Waals surface area contributed by atoms with Gasteiger partial charge in [0.05, 0.1) is 18.3 Å². The van der Waals surface area contributed by atoms with Crippen molar-refractivity contribution in [2.24, 2.45) is 34.5 Å². The molecule has 4 aliphatic carbocycles. The number of aliphatic hydroxyl groups excluding tert-OH is 3. The normalized spacial score (nSPS) is 55.1. The van der Waals surface area contributed by atoms with E-state index in [4.69, 9.17) is 0 Å². The number of aliphatic hydroxyl groups is 3. The summed E-state index contributed by atoms with van der Waals surface area (Å²) in [6.07, 6.45) is 9.39. The monoisotopic (exact) mass is 348 g/mol. The maximum Gasteiger partial charge on any atom is 0.0757 e. The first-order valence-corrected chi connectivity index (χ1v) is 10.6. The van der Waals surface area contributed by atoms with Gasteiger partial charge in [0.1, 0.15) is 0 Å². The summed E-state index contributed by atoms with van der Waals surface area (Å²) in [4.78, 5) is 0. The zero-order valence-corrected chi connectivity index (χ0v) is 16.1. The van der Waals surface area contributed by atoms with Crippen molar-refractivity contribution in [3.8, 4) is 0 Å². The van der Waals surface area contributed by atoms with Crippen LogP contribution in [0.15, 0.2) is 11.6 Å². The van der Waals surface area contributed by atoms with Crippen molar-refractivity contribution in [1.29, 1.82) is 0 Å². The van der Waals surface area contributed by atoms with E-state index in [1.54, 1.807) is 0 Å². The summed E-state index contributed by atoms with van der Waals surface area (Å²) in [6.45, 7) is 6.87. The zero-order valence-electron chi connectivity index (χ0n) is 16.1. The van der Waals surface area contributed by atoms with Crippen molar-refractivity contribution in [3.63, 3.8) is 0 Å². The lowest BCUT2D eigenvalue weighted by atomic mass is 9.47. The Morgan fingerprint density at radius 3 is 2.56 bits per heavy atom. The standard InChI is InChI=1S/C22H36O3/c1-4-5-13-10-17-19-16(7-9-22(17,3)20(13)25)21(2)8-6-15(23)11-14(21)12-18(19)24/h12-13,15-20,23-25H,4-11H2,1-3H3/t13?,15?,16-,17+,18?,19-,20?,21+,22+/m1/s1. The second kappa shape index (κ2) is 6.07. The Hall–Kier alpha value is -0.380. The van der Waals surface area contributed by atoms with Gasteiger partial charge in [0.2, 0.25) is 0 Å². The molecule has 0 amide bonds. The lowest BCUT2D eigenvalue weighted by Crippen LogP contribution is -2.55. The highest BCUT2D eigenvalue weighted by Crippen LogP contribution is 2.66.